The summed E-state index contributed by atoms with van der Waals surface area (Å²) in [4.78, 5) is 17.3. The van der Waals surface area contributed by atoms with Crippen LogP contribution < -0.4 is 4.90 Å². The smallest absolute Gasteiger partial charge is 0.294 e. The van der Waals surface area contributed by atoms with Gasteiger partial charge in [0.05, 0.1) is 26.3 Å². The number of thiazole rings is 1. The van der Waals surface area contributed by atoms with E-state index in [1.165, 1.54) is 11.3 Å². The van der Waals surface area contributed by atoms with E-state index in [4.69, 9.17) is 0 Å². The molecule has 7 heteroatoms. The van der Waals surface area contributed by atoms with Crippen LogP contribution in [0.5, 0.6) is 0 Å². The van der Waals surface area contributed by atoms with Gasteiger partial charge in [-0.1, -0.05) is 6.92 Å². The first kappa shape index (κ1) is 14.2. The zero-order chi connectivity index (χ0) is 15.1. The minimum atomic E-state index is -0.453. The third-order valence-electron chi connectivity index (χ3n) is 4.05. The molecule has 0 aliphatic carbocycles. The van der Waals surface area contributed by atoms with Crippen molar-refractivity contribution in [1.82, 2.24) is 4.98 Å². The molecule has 2 heterocycles. The molecule has 2 aromatic rings. The maximum absolute atomic E-state index is 11.4. The Hall–Kier alpha value is -1.73. The van der Waals surface area contributed by atoms with Crippen LogP contribution in [0.2, 0.25) is 0 Å². The third-order valence-corrected chi connectivity index (χ3v) is 4.98. The van der Waals surface area contributed by atoms with Crippen LogP contribution in [0.4, 0.5) is 11.4 Å². The molecule has 2 atom stereocenters. The molecule has 2 unspecified atom stereocenters. The van der Waals surface area contributed by atoms with E-state index in [9.17, 15) is 15.2 Å². The van der Waals surface area contributed by atoms with Crippen molar-refractivity contribution in [3.8, 4) is 0 Å². The monoisotopic (exact) mass is 307 g/mol. The predicted octanol–water partition coefficient (Wildman–Crippen LogP) is 2.72. The third kappa shape index (κ3) is 2.58. The van der Waals surface area contributed by atoms with E-state index < -0.39 is 6.10 Å². The van der Waals surface area contributed by atoms with E-state index >= 15 is 0 Å². The second-order valence-corrected chi connectivity index (χ2v) is 6.81. The number of β-amino-alcohol motifs (C(OH)–C–C–N with tert-alkyl or cyclic N) is 1. The number of aromatic nitrogens is 1. The van der Waals surface area contributed by atoms with Gasteiger partial charge in [0.15, 0.2) is 0 Å². The number of nitrogens with zero attached hydrogens (tertiary/aromatic N) is 3. The molecule has 1 aliphatic heterocycles. The van der Waals surface area contributed by atoms with Crippen molar-refractivity contribution in [2.45, 2.75) is 26.4 Å². The highest BCUT2D eigenvalue weighted by atomic mass is 32.1. The molecular formula is C14H17N3O3S. The summed E-state index contributed by atoms with van der Waals surface area (Å²) in [5.74, 6) is 0.227. The molecule has 0 radical (unpaired) electrons. The Morgan fingerprint density at radius 2 is 2.29 bits per heavy atom. The Balaban J connectivity index is 2.07. The molecule has 1 saturated heterocycles. The summed E-state index contributed by atoms with van der Waals surface area (Å²) in [6.45, 7) is 5.04. The van der Waals surface area contributed by atoms with Crippen LogP contribution in [0, 0.1) is 23.0 Å². The minimum Gasteiger partial charge on any atom is -0.391 e. The summed E-state index contributed by atoms with van der Waals surface area (Å²) in [7, 11) is 0. The van der Waals surface area contributed by atoms with Gasteiger partial charge in [0.1, 0.15) is 5.69 Å². The van der Waals surface area contributed by atoms with Crippen LogP contribution in [0.3, 0.4) is 0 Å². The van der Waals surface area contributed by atoms with Crippen molar-refractivity contribution in [2.24, 2.45) is 5.92 Å². The second-order valence-electron chi connectivity index (χ2n) is 5.58. The molecule has 1 aromatic carbocycles. The minimum absolute atomic E-state index is 0.0907. The van der Waals surface area contributed by atoms with Crippen molar-refractivity contribution < 1.29 is 10.0 Å². The lowest BCUT2D eigenvalue weighted by atomic mass is 9.95. The summed E-state index contributed by atoms with van der Waals surface area (Å²) < 4.78 is 0.828. The number of nitro benzene ring substituents is 1. The van der Waals surface area contributed by atoms with Gasteiger partial charge in [-0.05, 0) is 25.3 Å². The van der Waals surface area contributed by atoms with Crippen LogP contribution in [0.1, 0.15) is 18.4 Å². The van der Waals surface area contributed by atoms with E-state index in [0.29, 0.717) is 18.8 Å². The van der Waals surface area contributed by atoms with Gasteiger partial charge in [-0.25, -0.2) is 4.98 Å². The van der Waals surface area contributed by atoms with Gasteiger partial charge >= 0.3 is 0 Å². The molecule has 0 saturated carbocycles. The number of aliphatic hydroxyl groups is 1. The fourth-order valence-electron chi connectivity index (χ4n) is 2.73. The quantitative estimate of drug-likeness (QED) is 0.681. The molecule has 0 bridgehead atoms. The molecular weight excluding hydrogens is 290 g/mol. The van der Waals surface area contributed by atoms with Crippen LogP contribution in [-0.4, -0.2) is 34.2 Å². The number of aryl methyl sites for hydroxylation is 1. The SMILES string of the molecule is Cc1nc2cc(N3CCC(C)C(O)C3)c([N+](=O)[O-])cc2s1. The van der Waals surface area contributed by atoms with Gasteiger partial charge in [-0.2, -0.15) is 0 Å². The zero-order valence-electron chi connectivity index (χ0n) is 11.9. The number of piperidine rings is 1. The lowest BCUT2D eigenvalue weighted by molar-refractivity contribution is -0.384. The molecule has 3 rings (SSSR count). The Labute approximate surface area is 126 Å². The fraction of sp³-hybridized carbons (Fsp3) is 0.500. The van der Waals surface area contributed by atoms with Crippen molar-refractivity contribution in [1.29, 1.82) is 0 Å². The highest BCUT2D eigenvalue weighted by Gasteiger charge is 2.29. The Morgan fingerprint density at radius 3 is 2.95 bits per heavy atom. The molecule has 1 fully saturated rings. The van der Waals surface area contributed by atoms with E-state index in [1.807, 2.05) is 18.7 Å². The molecule has 1 N–H and O–H groups in total. The Kier molecular flexibility index (Phi) is 3.54. The maximum atomic E-state index is 11.4. The first-order chi connectivity index (χ1) is 9.95. The lowest BCUT2D eigenvalue weighted by Crippen LogP contribution is -2.43. The number of hydrogen-bond donors (Lipinski definition) is 1. The number of rotatable bonds is 2. The molecule has 21 heavy (non-hydrogen) atoms. The van der Waals surface area contributed by atoms with E-state index in [2.05, 4.69) is 4.98 Å². The van der Waals surface area contributed by atoms with Gasteiger partial charge in [0, 0.05) is 19.2 Å². The Morgan fingerprint density at radius 1 is 1.52 bits per heavy atom. The molecule has 112 valence electrons. The average molecular weight is 307 g/mol. The molecule has 1 aromatic heterocycles. The number of anilines is 1. The van der Waals surface area contributed by atoms with Crippen molar-refractivity contribution in [3.05, 3.63) is 27.3 Å². The number of fused-ring (bicyclic) bond motifs is 1. The molecule has 1 aliphatic rings. The summed E-state index contributed by atoms with van der Waals surface area (Å²) in [5.41, 5.74) is 1.43. The van der Waals surface area contributed by atoms with Gasteiger partial charge in [-0.15, -0.1) is 11.3 Å². The summed E-state index contributed by atoms with van der Waals surface area (Å²) >= 11 is 1.46. The van der Waals surface area contributed by atoms with Crippen LogP contribution in [-0.2, 0) is 0 Å². The van der Waals surface area contributed by atoms with E-state index in [0.717, 1.165) is 21.6 Å². The van der Waals surface area contributed by atoms with Crippen LogP contribution >= 0.6 is 11.3 Å². The van der Waals surface area contributed by atoms with Gasteiger partial charge in [-0.3, -0.25) is 10.1 Å². The number of aliphatic hydroxyl groups excluding tert-OH is 1. The van der Waals surface area contributed by atoms with Gasteiger partial charge < -0.3 is 10.0 Å². The van der Waals surface area contributed by atoms with E-state index in [-0.39, 0.29) is 16.5 Å². The van der Waals surface area contributed by atoms with Gasteiger partial charge in [0.25, 0.3) is 5.69 Å². The second kappa shape index (κ2) is 5.23. The maximum Gasteiger partial charge on any atom is 0.294 e. The highest BCUT2D eigenvalue weighted by molar-refractivity contribution is 7.18. The standard InChI is InChI=1S/C14H17N3O3S/c1-8-3-4-16(7-13(8)18)11-5-10-14(21-9(2)15-10)6-12(11)17(19)20/h5-6,8,13,18H,3-4,7H2,1-2H3. The predicted molar refractivity (Wildman–Crippen MR) is 83.0 cm³/mol. The summed E-state index contributed by atoms with van der Waals surface area (Å²) in [5, 5.41) is 22.3. The molecule has 0 amide bonds. The number of nitro groups is 1. The lowest BCUT2D eigenvalue weighted by Gasteiger charge is -2.35. The van der Waals surface area contributed by atoms with Gasteiger partial charge in [0.2, 0.25) is 0 Å². The topological polar surface area (TPSA) is 79.5 Å². The zero-order valence-corrected chi connectivity index (χ0v) is 12.8. The van der Waals surface area contributed by atoms with Crippen LogP contribution in [0.15, 0.2) is 12.1 Å². The van der Waals surface area contributed by atoms with Crippen molar-refractivity contribution in [3.63, 3.8) is 0 Å². The normalized spacial score (nSPS) is 22.7. The first-order valence-electron chi connectivity index (χ1n) is 6.94. The first-order valence-corrected chi connectivity index (χ1v) is 7.76. The highest BCUT2D eigenvalue weighted by Crippen LogP contribution is 2.36. The van der Waals surface area contributed by atoms with Crippen LogP contribution in [0.25, 0.3) is 10.2 Å². The molecule has 0 spiro atoms. The largest absolute Gasteiger partial charge is 0.391 e. The van der Waals surface area contributed by atoms with Crippen molar-refractivity contribution >= 4 is 32.9 Å². The number of benzene rings is 1. The summed E-state index contributed by atoms with van der Waals surface area (Å²) in [6.07, 6.45) is 0.373. The molecule has 6 nitrogen and oxygen atoms in total. The average Bonchev–Trinajstić information content (AvgIpc) is 2.79. The van der Waals surface area contributed by atoms with Crippen molar-refractivity contribution in [2.75, 3.05) is 18.0 Å². The van der Waals surface area contributed by atoms with E-state index in [1.54, 1.807) is 12.1 Å². The fourth-order valence-corrected chi connectivity index (χ4v) is 3.58. The Bertz CT molecular complexity index is 700. The number of hydrogen-bond acceptors (Lipinski definition) is 6. The summed E-state index contributed by atoms with van der Waals surface area (Å²) in [6, 6.07) is 3.37.